The minimum Gasteiger partial charge on any atom is -0.399 e. The van der Waals surface area contributed by atoms with Crippen LogP contribution in [0, 0.1) is 0 Å². The summed E-state index contributed by atoms with van der Waals surface area (Å²) in [6.07, 6.45) is 1.14. The van der Waals surface area contributed by atoms with Gasteiger partial charge in [-0.1, -0.05) is 19.1 Å². The van der Waals surface area contributed by atoms with Gasteiger partial charge < -0.3 is 10.5 Å². The lowest BCUT2D eigenvalue weighted by Gasteiger charge is -2.41. The van der Waals surface area contributed by atoms with Crippen LogP contribution >= 0.6 is 0 Å². The minimum absolute atomic E-state index is 0.272. The van der Waals surface area contributed by atoms with Crippen LogP contribution in [-0.2, 0) is 10.2 Å². The normalized spacial score (nSPS) is 19.5. The summed E-state index contributed by atoms with van der Waals surface area (Å²) in [6.45, 7) is 3.92. The molecule has 2 heteroatoms. The fraction of sp³-hybridized carbons (Fsp3) is 0.455. The Balaban J connectivity index is 2.28. The first-order chi connectivity index (χ1) is 6.27. The van der Waals surface area contributed by atoms with Crippen LogP contribution in [0.3, 0.4) is 0 Å². The summed E-state index contributed by atoms with van der Waals surface area (Å²) in [4.78, 5) is 0. The molecule has 70 valence electrons. The van der Waals surface area contributed by atoms with Crippen LogP contribution in [0.2, 0.25) is 0 Å². The highest BCUT2D eigenvalue weighted by molar-refractivity contribution is 5.42. The molecule has 1 aromatic carbocycles. The molecule has 0 radical (unpaired) electrons. The van der Waals surface area contributed by atoms with Gasteiger partial charge >= 0.3 is 0 Å². The Morgan fingerprint density at radius 2 is 1.92 bits per heavy atom. The fourth-order valence-electron chi connectivity index (χ4n) is 1.76. The summed E-state index contributed by atoms with van der Waals surface area (Å²) >= 11 is 0. The van der Waals surface area contributed by atoms with Crippen LogP contribution in [0.25, 0.3) is 0 Å². The molecule has 1 heterocycles. The molecule has 0 atom stereocenters. The number of nitrogens with two attached hydrogens (primary N) is 1. The molecule has 0 spiro atoms. The topological polar surface area (TPSA) is 35.2 Å². The van der Waals surface area contributed by atoms with Crippen LogP contribution in [0.4, 0.5) is 5.69 Å². The smallest absolute Gasteiger partial charge is 0.0585 e. The van der Waals surface area contributed by atoms with Crippen molar-refractivity contribution in [2.45, 2.75) is 18.8 Å². The van der Waals surface area contributed by atoms with Gasteiger partial charge in [0.05, 0.1) is 13.2 Å². The van der Waals surface area contributed by atoms with E-state index in [1.165, 1.54) is 5.56 Å². The highest BCUT2D eigenvalue weighted by atomic mass is 16.5. The van der Waals surface area contributed by atoms with Gasteiger partial charge in [0.25, 0.3) is 0 Å². The Hall–Kier alpha value is -1.02. The molecule has 0 amide bonds. The number of hydrogen-bond donors (Lipinski definition) is 1. The molecule has 2 N–H and O–H groups in total. The van der Waals surface area contributed by atoms with Gasteiger partial charge in [-0.25, -0.2) is 0 Å². The Bertz CT molecular complexity index is 282. The minimum atomic E-state index is 0.272. The van der Waals surface area contributed by atoms with Crippen molar-refractivity contribution in [2.24, 2.45) is 0 Å². The molecule has 2 rings (SSSR count). The van der Waals surface area contributed by atoms with Crippen molar-refractivity contribution in [1.29, 1.82) is 0 Å². The van der Waals surface area contributed by atoms with Crippen molar-refractivity contribution in [2.75, 3.05) is 18.9 Å². The van der Waals surface area contributed by atoms with Crippen molar-refractivity contribution in [3.63, 3.8) is 0 Å². The summed E-state index contributed by atoms with van der Waals surface area (Å²) < 4.78 is 5.28. The number of ether oxygens (including phenoxy) is 1. The second kappa shape index (κ2) is 3.04. The molecular weight excluding hydrogens is 162 g/mol. The molecule has 0 aliphatic carbocycles. The van der Waals surface area contributed by atoms with E-state index in [0.29, 0.717) is 0 Å². The molecule has 1 saturated heterocycles. The van der Waals surface area contributed by atoms with Crippen LogP contribution in [0.1, 0.15) is 18.9 Å². The van der Waals surface area contributed by atoms with E-state index in [2.05, 4.69) is 19.1 Å². The Morgan fingerprint density at radius 3 is 2.31 bits per heavy atom. The maximum Gasteiger partial charge on any atom is 0.0585 e. The number of benzene rings is 1. The molecule has 1 aliphatic rings. The Morgan fingerprint density at radius 1 is 1.31 bits per heavy atom. The van der Waals surface area contributed by atoms with Crippen molar-refractivity contribution in [3.05, 3.63) is 29.8 Å². The second-order valence-corrected chi connectivity index (χ2v) is 3.75. The van der Waals surface area contributed by atoms with Crippen molar-refractivity contribution in [1.82, 2.24) is 0 Å². The zero-order chi connectivity index (χ0) is 9.31. The van der Waals surface area contributed by atoms with E-state index in [1.54, 1.807) is 0 Å². The van der Waals surface area contributed by atoms with Gasteiger partial charge in [0.1, 0.15) is 0 Å². The summed E-state index contributed by atoms with van der Waals surface area (Å²) in [6, 6.07) is 8.15. The lowest BCUT2D eigenvalue weighted by Crippen LogP contribution is -2.46. The van der Waals surface area contributed by atoms with Crippen molar-refractivity contribution in [3.8, 4) is 0 Å². The van der Waals surface area contributed by atoms with Crippen LogP contribution in [-0.4, -0.2) is 13.2 Å². The molecule has 0 bridgehead atoms. The van der Waals surface area contributed by atoms with Gasteiger partial charge in [0.15, 0.2) is 0 Å². The van der Waals surface area contributed by atoms with E-state index in [1.807, 2.05) is 12.1 Å². The third kappa shape index (κ3) is 1.31. The summed E-state index contributed by atoms with van der Waals surface area (Å²) in [5.41, 5.74) is 8.10. The highest BCUT2D eigenvalue weighted by Gasteiger charge is 2.38. The first-order valence-electron chi connectivity index (χ1n) is 4.71. The third-order valence-electron chi connectivity index (χ3n) is 2.96. The predicted molar refractivity (Wildman–Crippen MR) is 53.6 cm³/mol. The lowest BCUT2D eigenvalue weighted by molar-refractivity contribution is -0.0620. The average Bonchev–Trinajstić information content (AvgIpc) is 2.07. The van der Waals surface area contributed by atoms with Gasteiger partial charge in [0, 0.05) is 11.1 Å². The zero-order valence-electron chi connectivity index (χ0n) is 7.92. The van der Waals surface area contributed by atoms with Crippen LogP contribution in [0.5, 0.6) is 0 Å². The van der Waals surface area contributed by atoms with Crippen molar-refractivity contribution < 1.29 is 4.74 Å². The fourth-order valence-corrected chi connectivity index (χ4v) is 1.76. The monoisotopic (exact) mass is 177 g/mol. The molecule has 0 saturated carbocycles. The Kier molecular flexibility index (Phi) is 2.00. The third-order valence-corrected chi connectivity index (χ3v) is 2.96. The second-order valence-electron chi connectivity index (χ2n) is 3.75. The standard InChI is InChI=1S/C11H15NO/c1-2-11(7-13-8-11)9-3-5-10(12)6-4-9/h3-6H,2,7-8,12H2,1H3. The quantitative estimate of drug-likeness (QED) is 0.701. The molecule has 2 nitrogen and oxygen atoms in total. The summed E-state index contributed by atoms with van der Waals surface area (Å²) in [5, 5.41) is 0. The van der Waals surface area contributed by atoms with Crippen LogP contribution in [0.15, 0.2) is 24.3 Å². The van der Waals surface area contributed by atoms with E-state index < -0.39 is 0 Å². The van der Waals surface area contributed by atoms with E-state index >= 15 is 0 Å². The molecule has 0 aromatic heterocycles. The van der Waals surface area contributed by atoms with Gasteiger partial charge in [-0.15, -0.1) is 0 Å². The first-order valence-corrected chi connectivity index (χ1v) is 4.71. The largest absolute Gasteiger partial charge is 0.399 e. The van der Waals surface area contributed by atoms with Gasteiger partial charge in [-0.3, -0.25) is 0 Å². The molecule has 1 aromatic rings. The summed E-state index contributed by atoms with van der Waals surface area (Å²) in [7, 11) is 0. The zero-order valence-corrected chi connectivity index (χ0v) is 7.92. The first kappa shape index (κ1) is 8.57. The van der Waals surface area contributed by atoms with Gasteiger partial charge in [-0.2, -0.15) is 0 Å². The van der Waals surface area contributed by atoms with Gasteiger partial charge in [-0.05, 0) is 24.1 Å². The highest BCUT2D eigenvalue weighted by Crippen LogP contribution is 2.35. The lowest BCUT2D eigenvalue weighted by atomic mass is 9.76. The SMILES string of the molecule is CCC1(c2ccc(N)cc2)COC1. The van der Waals surface area contributed by atoms with E-state index in [4.69, 9.17) is 10.5 Å². The molecule has 1 fully saturated rings. The number of rotatable bonds is 2. The maximum atomic E-state index is 5.64. The number of hydrogen-bond acceptors (Lipinski definition) is 2. The maximum absolute atomic E-state index is 5.64. The predicted octanol–water partition coefficient (Wildman–Crippen LogP) is 1.95. The van der Waals surface area contributed by atoms with Gasteiger partial charge in [0.2, 0.25) is 0 Å². The molecular formula is C11H15NO. The number of anilines is 1. The van der Waals surface area contributed by atoms with Crippen molar-refractivity contribution >= 4 is 5.69 Å². The Labute approximate surface area is 78.7 Å². The van der Waals surface area contributed by atoms with Crippen LogP contribution < -0.4 is 5.73 Å². The molecule has 1 aliphatic heterocycles. The molecule has 0 unspecified atom stereocenters. The summed E-state index contributed by atoms with van der Waals surface area (Å²) in [5.74, 6) is 0. The molecule has 13 heavy (non-hydrogen) atoms. The van der Waals surface area contributed by atoms with E-state index in [0.717, 1.165) is 25.3 Å². The van der Waals surface area contributed by atoms with E-state index in [9.17, 15) is 0 Å². The number of nitrogen functional groups attached to an aromatic ring is 1. The average molecular weight is 177 g/mol. The van der Waals surface area contributed by atoms with E-state index in [-0.39, 0.29) is 5.41 Å².